The Balaban J connectivity index is 3.14. The van der Waals surface area contributed by atoms with E-state index in [9.17, 15) is 49.2 Å². The molecule has 1 aromatic heterocycles. The van der Waals surface area contributed by atoms with E-state index in [2.05, 4.69) is 21.3 Å². The second kappa shape index (κ2) is 24.7. The molecule has 17 heteroatoms. The summed E-state index contributed by atoms with van der Waals surface area (Å²) >= 11 is 1.40. The van der Waals surface area contributed by atoms with Crippen LogP contribution in [0.25, 0.3) is 0 Å². The van der Waals surface area contributed by atoms with Crippen LogP contribution in [0.1, 0.15) is 154 Å². The number of aliphatic carboxylic acids is 2. The van der Waals surface area contributed by atoms with Gasteiger partial charge in [-0.15, -0.1) is 11.8 Å². The molecule has 0 aromatic carbocycles. The van der Waals surface area contributed by atoms with Crippen molar-refractivity contribution < 1.29 is 49.2 Å². The van der Waals surface area contributed by atoms with Crippen LogP contribution in [0.2, 0.25) is 0 Å². The fourth-order valence-electron chi connectivity index (χ4n) is 7.37. The zero-order chi connectivity index (χ0) is 48.7. The van der Waals surface area contributed by atoms with E-state index in [1.54, 1.807) is 41.5 Å². The smallest absolute Gasteiger partial charge is 0.303 e. The lowest BCUT2D eigenvalue weighted by Gasteiger charge is -2.48. The Labute approximate surface area is 380 Å². The third-order valence-corrected chi connectivity index (χ3v) is 13.7. The summed E-state index contributed by atoms with van der Waals surface area (Å²) in [6.07, 6.45) is 3.00. The normalized spacial score (nSPS) is 14.4. The lowest BCUT2D eigenvalue weighted by atomic mass is 9.66. The van der Waals surface area contributed by atoms with Crippen LogP contribution in [0.4, 0.5) is 0 Å². The number of nitrogens with zero attached hydrogens (tertiary/aromatic N) is 1. The van der Waals surface area contributed by atoms with Gasteiger partial charge in [0, 0.05) is 77.5 Å². The number of carboxylic acid groups (broad SMARTS) is 2. The van der Waals surface area contributed by atoms with Crippen LogP contribution < -0.4 is 27.0 Å². The summed E-state index contributed by atoms with van der Waals surface area (Å²) in [5, 5.41) is 53.7. The standard InChI is InChI=1S/C46H82N6O10S/c1-29(2)49-30(20-22-36(55)56)39(60)43(6,7)45(10,11)51-32(21-23-37(57)58)40(61)44(8,9)46(12,13)50-31(38(59)42(3,4)5)18-17-24-48-25-27-63-33-28-35(54)52(41(33)62)26-16-14-15-19-34(47)53/h28-32,48-51,54,62H,14-27H2,1-13H3,(H2,47,53)(H,55,56)(H,57,58). The maximum Gasteiger partial charge on any atom is 0.303 e. The molecule has 0 aliphatic heterocycles. The number of aromatic nitrogens is 1. The van der Waals surface area contributed by atoms with E-state index in [0.29, 0.717) is 62.4 Å². The van der Waals surface area contributed by atoms with Crippen LogP contribution in [0.15, 0.2) is 11.0 Å². The van der Waals surface area contributed by atoms with Gasteiger partial charge in [-0.1, -0.05) is 68.7 Å². The van der Waals surface area contributed by atoms with Gasteiger partial charge in [0.15, 0.2) is 23.2 Å². The number of carboxylic acids is 2. The molecule has 0 aliphatic rings. The number of primary amides is 1. The van der Waals surface area contributed by atoms with Crippen molar-refractivity contribution in [2.45, 2.75) is 201 Å². The highest BCUT2D eigenvalue weighted by Gasteiger charge is 2.51. The first-order valence-electron chi connectivity index (χ1n) is 22.4. The van der Waals surface area contributed by atoms with E-state index in [0.717, 1.165) is 6.42 Å². The fourth-order valence-corrected chi connectivity index (χ4v) is 8.27. The van der Waals surface area contributed by atoms with Gasteiger partial charge in [-0.25, -0.2) is 0 Å². The van der Waals surface area contributed by atoms with E-state index in [-0.39, 0.29) is 66.7 Å². The molecule has 16 nitrogen and oxygen atoms in total. The van der Waals surface area contributed by atoms with Crippen molar-refractivity contribution in [2.75, 3.05) is 18.8 Å². The maximum atomic E-state index is 14.8. The first-order valence-corrected chi connectivity index (χ1v) is 23.4. The molecule has 1 aromatic rings. The van der Waals surface area contributed by atoms with Gasteiger partial charge in [0.05, 0.1) is 23.0 Å². The number of thioether (sulfide) groups is 1. The van der Waals surface area contributed by atoms with Crippen LogP contribution in [-0.4, -0.2) is 114 Å². The molecule has 0 saturated heterocycles. The number of carbonyl (C=O) groups is 6. The molecule has 1 amide bonds. The zero-order valence-electron chi connectivity index (χ0n) is 40.5. The van der Waals surface area contributed by atoms with Crippen LogP contribution in [-0.2, 0) is 35.3 Å². The maximum absolute atomic E-state index is 14.8. The van der Waals surface area contributed by atoms with Gasteiger partial charge in [0.2, 0.25) is 11.8 Å². The Bertz CT molecular complexity index is 1700. The van der Waals surface area contributed by atoms with Crippen molar-refractivity contribution in [1.82, 2.24) is 25.8 Å². The molecule has 1 heterocycles. The number of nitrogens with two attached hydrogens (primary N) is 1. The second-order valence-electron chi connectivity index (χ2n) is 20.3. The number of nitrogens with one attached hydrogen (secondary N) is 4. The SMILES string of the molecule is CC(C)NC(CCC(=O)O)C(=O)C(C)(C)C(C)(C)NC(CCC(=O)O)C(=O)C(C)(C)C(C)(C)NC(CCCNCCSc1cc(O)n(CCCCCC(N)=O)c1O)C(=O)C(C)(C)C. The molecule has 3 atom stereocenters. The lowest BCUT2D eigenvalue weighted by molar-refractivity contribution is -0.141. The summed E-state index contributed by atoms with van der Waals surface area (Å²) in [6.45, 7) is 25.3. The molecule has 0 fully saturated rings. The Morgan fingerprint density at radius 1 is 0.667 bits per heavy atom. The minimum atomic E-state index is -1.16. The Morgan fingerprint density at radius 3 is 1.63 bits per heavy atom. The Morgan fingerprint density at radius 2 is 1.16 bits per heavy atom. The fraction of sp³-hybridized carbons (Fsp3) is 0.783. The van der Waals surface area contributed by atoms with E-state index in [1.807, 2.05) is 48.5 Å². The van der Waals surface area contributed by atoms with Gasteiger partial charge in [-0.2, -0.15) is 0 Å². The number of carbonyl (C=O) groups excluding carboxylic acids is 4. The molecule has 10 N–H and O–H groups in total. The third kappa shape index (κ3) is 17.8. The van der Waals surface area contributed by atoms with Crippen molar-refractivity contribution in [2.24, 2.45) is 22.0 Å². The second-order valence-corrected chi connectivity index (χ2v) is 21.5. The van der Waals surface area contributed by atoms with Crippen LogP contribution >= 0.6 is 11.8 Å². The summed E-state index contributed by atoms with van der Waals surface area (Å²) in [5.41, 5.74) is 0.162. The molecule has 0 spiro atoms. The van der Waals surface area contributed by atoms with Crippen LogP contribution in [0, 0.1) is 16.2 Å². The molecule has 0 aliphatic carbocycles. The summed E-state index contributed by atoms with van der Waals surface area (Å²) in [4.78, 5) is 77.8. The number of hydrogen-bond donors (Lipinski definition) is 9. The average Bonchev–Trinajstić information content (AvgIpc) is 3.42. The lowest BCUT2D eigenvalue weighted by Crippen LogP contribution is -2.66. The molecular weight excluding hydrogens is 829 g/mol. The summed E-state index contributed by atoms with van der Waals surface area (Å²) in [7, 11) is 0. The largest absolute Gasteiger partial charge is 0.494 e. The highest BCUT2D eigenvalue weighted by Crippen LogP contribution is 2.39. The predicted molar refractivity (Wildman–Crippen MR) is 248 cm³/mol. The van der Waals surface area contributed by atoms with E-state index >= 15 is 0 Å². The molecule has 0 saturated carbocycles. The van der Waals surface area contributed by atoms with Crippen molar-refractivity contribution in [1.29, 1.82) is 0 Å². The Kier molecular flexibility index (Phi) is 22.5. The predicted octanol–water partition coefficient (Wildman–Crippen LogP) is 5.78. The molecule has 1 rings (SSSR count). The molecule has 0 bridgehead atoms. The highest BCUT2D eigenvalue weighted by molar-refractivity contribution is 7.99. The Hall–Kier alpha value is -3.51. The molecule has 3 unspecified atom stereocenters. The zero-order valence-corrected chi connectivity index (χ0v) is 41.3. The van der Waals surface area contributed by atoms with Gasteiger partial charge in [0.1, 0.15) is 0 Å². The van der Waals surface area contributed by atoms with Crippen LogP contribution in [0.3, 0.4) is 0 Å². The van der Waals surface area contributed by atoms with Gasteiger partial charge >= 0.3 is 11.9 Å². The van der Waals surface area contributed by atoms with Crippen molar-refractivity contribution in [3.63, 3.8) is 0 Å². The first-order chi connectivity index (χ1) is 28.8. The van der Waals surface area contributed by atoms with Gasteiger partial charge in [-0.3, -0.25) is 33.3 Å². The quantitative estimate of drug-likeness (QED) is 0.0299. The summed E-state index contributed by atoms with van der Waals surface area (Å²) in [5.74, 6) is -2.39. The van der Waals surface area contributed by atoms with E-state index in [4.69, 9.17) is 5.73 Å². The van der Waals surface area contributed by atoms with Gasteiger partial charge in [0.25, 0.3) is 0 Å². The number of amides is 1. The average molecular weight is 911 g/mol. The summed E-state index contributed by atoms with van der Waals surface area (Å²) < 4.78 is 1.45. The van der Waals surface area contributed by atoms with Gasteiger partial charge in [-0.05, 0) is 72.8 Å². The third-order valence-electron chi connectivity index (χ3n) is 12.6. The summed E-state index contributed by atoms with van der Waals surface area (Å²) in [6, 6.07) is -0.932. The topological polar surface area (TPSA) is 262 Å². The van der Waals surface area contributed by atoms with Crippen LogP contribution in [0.5, 0.6) is 11.8 Å². The number of ketones is 3. The minimum Gasteiger partial charge on any atom is -0.494 e. The number of Topliss-reactive ketones (excluding diaryl/α,β-unsaturated/α-hetero) is 3. The molecular formula is C46H82N6O10S. The van der Waals surface area contributed by atoms with Crippen molar-refractivity contribution >= 4 is 47.0 Å². The van der Waals surface area contributed by atoms with E-state index in [1.165, 1.54) is 22.4 Å². The van der Waals surface area contributed by atoms with Gasteiger partial charge < -0.3 is 47.4 Å². The van der Waals surface area contributed by atoms with Crippen molar-refractivity contribution in [3.8, 4) is 11.8 Å². The molecule has 63 heavy (non-hydrogen) atoms. The van der Waals surface area contributed by atoms with E-state index < -0.39 is 57.4 Å². The molecule has 362 valence electrons. The number of aromatic hydroxyl groups is 2. The number of unbranched alkanes of at least 4 members (excludes halogenated alkanes) is 2. The number of hydrogen-bond acceptors (Lipinski definition) is 13. The minimum absolute atomic E-state index is 0.00423. The van der Waals surface area contributed by atoms with Crippen molar-refractivity contribution in [3.05, 3.63) is 6.07 Å². The monoisotopic (exact) mass is 911 g/mol. The number of rotatable bonds is 33. The highest BCUT2D eigenvalue weighted by atomic mass is 32.2. The first kappa shape index (κ1) is 57.5. The molecule has 0 radical (unpaired) electrons.